The Balaban J connectivity index is 1.84. The number of hydrogen-bond acceptors (Lipinski definition) is 5. The van der Waals surface area contributed by atoms with E-state index in [0.29, 0.717) is 33.8 Å². The summed E-state index contributed by atoms with van der Waals surface area (Å²) in [6.07, 6.45) is 0. The number of carboxylic acids is 1. The smallest absolute Gasteiger partial charge is 0.352 e. The minimum Gasteiger partial charge on any atom is -0.497 e. The summed E-state index contributed by atoms with van der Waals surface area (Å²) >= 11 is 0. The molecule has 0 fully saturated rings. The molecule has 1 N–H and O–H groups in total. The van der Waals surface area contributed by atoms with E-state index in [9.17, 15) is 9.90 Å². The van der Waals surface area contributed by atoms with Gasteiger partial charge in [-0.15, -0.1) is 15.0 Å². The maximum absolute atomic E-state index is 12.2. The molecule has 29 heavy (non-hydrogen) atoms. The van der Waals surface area contributed by atoms with Crippen LogP contribution in [-0.2, 0) is 10.4 Å². The number of methoxy groups -OCH3 is 1. The van der Waals surface area contributed by atoms with Crippen LogP contribution in [0.2, 0.25) is 0 Å². The summed E-state index contributed by atoms with van der Waals surface area (Å²) in [5.74, 6) is -0.214. The topological polar surface area (TPSA) is 86.5 Å². The lowest BCUT2D eigenvalue weighted by atomic mass is 9.96. The zero-order valence-electron chi connectivity index (χ0n) is 15.9. The average molecular weight is 389 g/mol. The van der Waals surface area contributed by atoms with E-state index in [1.807, 2.05) is 30.3 Å². The number of hydrogen-bond donors (Lipinski definition) is 1. The number of aliphatic carboxylic acids is 1. The lowest BCUT2D eigenvalue weighted by molar-refractivity contribution is -0.154. The molecule has 0 aliphatic rings. The van der Waals surface area contributed by atoms with Crippen molar-refractivity contribution in [2.24, 2.45) is 0 Å². The monoisotopic (exact) mass is 389 g/mol. The van der Waals surface area contributed by atoms with Gasteiger partial charge in [-0.1, -0.05) is 42.5 Å². The molecule has 4 aromatic rings. The molecule has 1 aromatic heterocycles. The van der Waals surface area contributed by atoms with Gasteiger partial charge in [-0.3, -0.25) is 0 Å². The van der Waals surface area contributed by atoms with Crippen molar-refractivity contribution in [1.82, 2.24) is 15.0 Å². The van der Waals surface area contributed by atoms with Crippen molar-refractivity contribution in [3.05, 3.63) is 78.4 Å². The van der Waals surface area contributed by atoms with Gasteiger partial charge in [-0.2, -0.15) is 0 Å². The first-order valence-corrected chi connectivity index (χ1v) is 9.00. The highest BCUT2D eigenvalue weighted by Crippen LogP contribution is 2.34. The van der Waals surface area contributed by atoms with Crippen LogP contribution in [0.4, 0.5) is 0 Å². The molecule has 146 valence electrons. The summed E-state index contributed by atoms with van der Waals surface area (Å²) < 4.78 is 11.4. The third-order valence-electron chi connectivity index (χ3n) is 4.72. The maximum Gasteiger partial charge on any atom is 0.352 e. The molecular weight excluding hydrogens is 370 g/mol. The molecule has 0 saturated carbocycles. The summed E-state index contributed by atoms with van der Waals surface area (Å²) in [5, 5.41) is 18.9. The zero-order chi connectivity index (χ0) is 20.4. The SMILES string of the molecule is COc1ccc(OC(C)(C(=O)O)c2ccccc2)c(-n2nc3ccccc3n2)c1. The minimum absolute atomic E-state index is 0.319. The van der Waals surface area contributed by atoms with Crippen LogP contribution < -0.4 is 9.47 Å². The van der Waals surface area contributed by atoms with E-state index in [1.54, 1.807) is 49.6 Å². The average Bonchev–Trinajstić information content (AvgIpc) is 3.18. The number of ether oxygens (including phenoxy) is 2. The number of benzene rings is 3. The predicted molar refractivity (Wildman–Crippen MR) is 107 cm³/mol. The lowest BCUT2D eigenvalue weighted by Crippen LogP contribution is -2.38. The Labute approximate surface area is 167 Å². The van der Waals surface area contributed by atoms with Crippen LogP contribution in [0, 0.1) is 0 Å². The van der Waals surface area contributed by atoms with Crippen LogP contribution in [-0.4, -0.2) is 33.2 Å². The van der Waals surface area contributed by atoms with Gasteiger partial charge in [-0.25, -0.2) is 4.79 Å². The standard InChI is InChI=1S/C22H19N3O4/c1-22(21(26)27,15-8-4-3-5-9-15)29-20-13-12-16(28-2)14-19(20)25-23-17-10-6-7-11-18(17)24-25/h3-14H,1-2H3,(H,26,27). The highest BCUT2D eigenvalue weighted by molar-refractivity contribution is 5.80. The molecule has 1 atom stereocenters. The summed E-state index contributed by atoms with van der Waals surface area (Å²) in [6, 6.07) is 21.3. The van der Waals surface area contributed by atoms with Gasteiger partial charge in [0, 0.05) is 11.6 Å². The van der Waals surface area contributed by atoms with Crippen molar-refractivity contribution in [3.8, 4) is 17.2 Å². The van der Waals surface area contributed by atoms with Crippen LogP contribution in [0.5, 0.6) is 11.5 Å². The third kappa shape index (κ3) is 3.38. The Morgan fingerprint density at radius 3 is 2.17 bits per heavy atom. The van der Waals surface area contributed by atoms with E-state index in [2.05, 4.69) is 10.2 Å². The second-order valence-corrected chi connectivity index (χ2v) is 6.62. The van der Waals surface area contributed by atoms with Gasteiger partial charge >= 0.3 is 5.97 Å². The number of nitrogens with zero attached hydrogens (tertiary/aromatic N) is 3. The number of fused-ring (bicyclic) bond motifs is 1. The molecule has 0 saturated heterocycles. The van der Waals surface area contributed by atoms with E-state index in [-0.39, 0.29) is 0 Å². The largest absolute Gasteiger partial charge is 0.497 e. The van der Waals surface area contributed by atoms with Crippen molar-refractivity contribution in [1.29, 1.82) is 0 Å². The third-order valence-corrected chi connectivity index (χ3v) is 4.72. The summed E-state index contributed by atoms with van der Waals surface area (Å²) in [4.78, 5) is 13.6. The quantitative estimate of drug-likeness (QED) is 0.540. The normalized spacial score (nSPS) is 13.0. The molecule has 7 heteroatoms. The highest BCUT2D eigenvalue weighted by atomic mass is 16.5. The Morgan fingerprint density at radius 1 is 0.966 bits per heavy atom. The molecule has 0 aliphatic heterocycles. The molecule has 1 unspecified atom stereocenters. The van der Waals surface area contributed by atoms with Crippen LogP contribution in [0.1, 0.15) is 12.5 Å². The van der Waals surface area contributed by atoms with Gasteiger partial charge in [0.25, 0.3) is 0 Å². The molecule has 0 amide bonds. The van der Waals surface area contributed by atoms with Gasteiger partial charge in [0.2, 0.25) is 5.60 Å². The van der Waals surface area contributed by atoms with Crippen LogP contribution >= 0.6 is 0 Å². The van der Waals surface area contributed by atoms with E-state index in [1.165, 1.54) is 11.7 Å². The Hall–Kier alpha value is -3.87. The molecule has 3 aromatic carbocycles. The Morgan fingerprint density at radius 2 is 1.59 bits per heavy atom. The first kappa shape index (κ1) is 18.5. The fraction of sp³-hybridized carbons (Fsp3) is 0.136. The summed E-state index contributed by atoms with van der Waals surface area (Å²) in [7, 11) is 1.55. The number of rotatable bonds is 6. The summed E-state index contributed by atoms with van der Waals surface area (Å²) in [5.41, 5.74) is 0.824. The molecule has 0 aliphatic carbocycles. The van der Waals surface area contributed by atoms with Gasteiger partial charge in [0.1, 0.15) is 28.2 Å². The number of carbonyl (C=O) groups is 1. The van der Waals surface area contributed by atoms with E-state index < -0.39 is 11.6 Å². The predicted octanol–water partition coefficient (Wildman–Crippen LogP) is 3.81. The number of carboxylic acid groups (broad SMARTS) is 1. The molecule has 0 bridgehead atoms. The van der Waals surface area contributed by atoms with Crippen LogP contribution in [0.15, 0.2) is 72.8 Å². The first-order valence-electron chi connectivity index (χ1n) is 9.00. The fourth-order valence-electron chi connectivity index (χ4n) is 3.04. The second kappa shape index (κ2) is 7.27. The van der Waals surface area contributed by atoms with Crippen molar-refractivity contribution < 1.29 is 19.4 Å². The zero-order valence-corrected chi connectivity index (χ0v) is 15.9. The van der Waals surface area contributed by atoms with Gasteiger partial charge < -0.3 is 14.6 Å². The van der Waals surface area contributed by atoms with E-state index in [0.717, 1.165) is 0 Å². The molecule has 7 nitrogen and oxygen atoms in total. The first-order chi connectivity index (χ1) is 14.0. The van der Waals surface area contributed by atoms with Crippen molar-refractivity contribution >= 4 is 17.0 Å². The Kier molecular flexibility index (Phi) is 4.64. The van der Waals surface area contributed by atoms with Gasteiger partial charge in [-0.05, 0) is 31.2 Å². The fourth-order valence-corrected chi connectivity index (χ4v) is 3.04. The molecular formula is C22H19N3O4. The van der Waals surface area contributed by atoms with E-state index in [4.69, 9.17) is 9.47 Å². The highest BCUT2D eigenvalue weighted by Gasteiger charge is 2.38. The summed E-state index contributed by atoms with van der Waals surface area (Å²) in [6.45, 7) is 1.52. The molecule has 0 spiro atoms. The molecule has 0 radical (unpaired) electrons. The Bertz CT molecular complexity index is 1140. The maximum atomic E-state index is 12.2. The van der Waals surface area contributed by atoms with Crippen LogP contribution in [0.3, 0.4) is 0 Å². The second-order valence-electron chi connectivity index (χ2n) is 6.62. The molecule has 4 rings (SSSR count). The van der Waals surface area contributed by atoms with Crippen molar-refractivity contribution in [2.75, 3.05) is 7.11 Å². The van der Waals surface area contributed by atoms with Gasteiger partial charge in [0.05, 0.1) is 7.11 Å². The van der Waals surface area contributed by atoms with Crippen molar-refractivity contribution in [2.45, 2.75) is 12.5 Å². The lowest BCUT2D eigenvalue weighted by Gasteiger charge is -2.27. The van der Waals surface area contributed by atoms with E-state index >= 15 is 0 Å². The van der Waals surface area contributed by atoms with Crippen molar-refractivity contribution in [3.63, 3.8) is 0 Å². The van der Waals surface area contributed by atoms with Crippen LogP contribution in [0.25, 0.3) is 16.7 Å². The minimum atomic E-state index is -1.60. The molecule has 1 heterocycles. The number of aromatic nitrogens is 3. The van der Waals surface area contributed by atoms with Gasteiger partial charge in [0.15, 0.2) is 0 Å².